The second-order valence-corrected chi connectivity index (χ2v) is 23.2. The van der Waals surface area contributed by atoms with Gasteiger partial charge in [0.25, 0.3) is 0 Å². The number of likely N-dealkylation sites (tertiary alicyclic amines) is 2. The van der Waals surface area contributed by atoms with Crippen LogP contribution >= 0.6 is 11.6 Å². The predicted molar refractivity (Wildman–Crippen MR) is 303 cm³/mol. The lowest BCUT2D eigenvalue weighted by atomic mass is 9.95. The monoisotopic (exact) mass is 1090 g/mol. The summed E-state index contributed by atoms with van der Waals surface area (Å²) in [6, 6.07) is 26.5. The fourth-order valence-corrected chi connectivity index (χ4v) is 14.0. The van der Waals surface area contributed by atoms with Gasteiger partial charge in [-0.1, -0.05) is 60.1 Å². The van der Waals surface area contributed by atoms with E-state index in [9.17, 15) is 5.11 Å². The van der Waals surface area contributed by atoms with E-state index >= 15 is 13.2 Å². The quantitative estimate of drug-likeness (QED) is 0.101. The Morgan fingerprint density at radius 2 is 1.20 bits per heavy atom. The van der Waals surface area contributed by atoms with Gasteiger partial charge < -0.3 is 44.7 Å². The molecule has 4 unspecified atom stereocenters. The molecule has 79 heavy (non-hydrogen) atoms. The van der Waals surface area contributed by atoms with Crippen molar-refractivity contribution in [1.29, 1.82) is 0 Å². The molecule has 8 heterocycles. The van der Waals surface area contributed by atoms with Crippen LogP contribution in [0.1, 0.15) is 51.4 Å². The summed E-state index contributed by atoms with van der Waals surface area (Å²) in [4.78, 5) is 28.1. The van der Waals surface area contributed by atoms with Gasteiger partial charge in [0.15, 0.2) is 11.6 Å². The zero-order valence-corrected chi connectivity index (χ0v) is 45.0. The molecule has 0 radical (unpaired) electrons. The minimum Gasteiger partial charge on any atom is -0.508 e. The molecule has 6 aliphatic heterocycles. The molecule has 7 atom stereocenters. The van der Waals surface area contributed by atoms with Crippen molar-refractivity contribution in [2.24, 2.45) is 0 Å². The van der Waals surface area contributed by atoms with Gasteiger partial charge in [-0.25, -0.2) is 13.2 Å². The average molecular weight is 1090 g/mol. The molecule has 8 aromatic rings. The highest BCUT2D eigenvalue weighted by Crippen LogP contribution is 2.45. The summed E-state index contributed by atoms with van der Waals surface area (Å²) >= 11 is 7.01. The number of benzene rings is 6. The van der Waals surface area contributed by atoms with Crippen LogP contribution in [0.3, 0.4) is 0 Å². The first-order valence-corrected chi connectivity index (χ1v) is 28.3. The van der Waals surface area contributed by atoms with Gasteiger partial charge in [-0.05, 0) is 135 Å². The summed E-state index contributed by atoms with van der Waals surface area (Å²) in [6.07, 6.45) is 7.22. The number of hydrogen-bond donors (Lipinski definition) is 3. The molecule has 0 spiro atoms. The van der Waals surface area contributed by atoms with Crippen molar-refractivity contribution in [3.05, 3.63) is 107 Å². The number of aromatic nitrogens is 4. The number of likely N-dealkylation sites (N-methyl/N-ethyl adjacent to an activating group) is 2. The number of halogens is 4. The molecule has 6 aliphatic rings. The highest BCUT2D eigenvalue weighted by molar-refractivity contribution is 6.35. The van der Waals surface area contributed by atoms with Gasteiger partial charge in [0, 0.05) is 91.7 Å². The number of aromatic hydroxyl groups is 1. The van der Waals surface area contributed by atoms with Crippen molar-refractivity contribution in [2.75, 3.05) is 76.4 Å². The minimum absolute atomic E-state index is 0.00375. The molecule has 408 valence electrons. The molecule has 4 bridgehead atoms. The molecule has 18 heteroatoms. The number of nitrogens with one attached hydrogen (secondary N) is 2. The topological polar surface area (TPSA) is 136 Å². The van der Waals surface area contributed by atoms with Crippen LogP contribution < -0.4 is 34.6 Å². The van der Waals surface area contributed by atoms with E-state index in [1.807, 2.05) is 61.6 Å². The predicted octanol–water partition coefficient (Wildman–Crippen LogP) is 10.3. The molecule has 14 rings (SSSR count). The Balaban J connectivity index is 0.736. The number of fused-ring (bicyclic) bond motifs is 8. The number of rotatable bonds is 13. The molecule has 0 amide bonds. The molecule has 0 aliphatic carbocycles. The first-order valence-electron chi connectivity index (χ1n) is 27.9. The largest absolute Gasteiger partial charge is 0.508 e. The number of anilines is 2. The van der Waals surface area contributed by atoms with Crippen LogP contribution in [0.15, 0.2) is 84.9 Å². The zero-order valence-electron chi connectivity index (χ0n) is 44.2. The molecule has 6 aromatic carbocycles. The van der Waals surface area contributed by atoms with E-state index in [1.54, 1.807) is 18.2 Å². The van der Waals surface area contributed by atoms with Crippen molar-refractivity contribution < 1.29 is 32.5 Å². The highest BCUT2D eigenvalue weighted by Gasteiger charge is 2.37. The van der Waals surface area contributed by atoms with E-state index in [0.29, 0.717) is 96.8 Å². The first kappa shape index (κ1) is 50.5. The molecule has 2 aromatic heterocycles. The van der Waals surface area contributed by atoms with Crippen LogP contribution in [0.5, 0.6) is 23.5 Å². The number of ether oxygens (including phenoxy) is 3. The number of hydrogen-bond acceptors (Lipinski definition) is 14. The maximum atomic E-state index is 17.6. The van der Waals surface area contributed by atoms with Crippen molar-refractivity contribution >= 4 is 66.6 Å². The lowest BCUT2D eigenvalue weighted by Crippen LogP contribution is -2.51. The number of phenolic OH excluding ortho intramolecular Hbond substituents is 1. The maximum absolute atomic E-state index is 17.6. The molecular formula is C61H62ClF3N10O4. The summed E-state index contributed by atoms with van der Waals surface area (Å²) in [7, 11) is 4.12. The third-order valence-electron chi connectivity index (χ3n) is 17.6. The van der Waals surface area contributed by atoms with Crippen molar-refractivity contribution in [3.63, 3.8) is 0 Å². The van der Waals surface area contributed by atoms with Crippen LogP contribution in [0, 0.1) is 17.5 Å². The van der Waals surface area contributed by atoms with Crippen LogP contribution in [0.4, 0.5) is 24.8 Å². The van der Waals surface area contributed by atoms with Gasteiger partial charge in [0.1, 0.15) is 52.7 Å². The van der Waals surface area contributed by atoms with Gasteiger partial charge in [0.05, 0.1) is 17.2 Å². The van der Waals surface area contributed by atoms with Gasteiger partial charge in [-0.15, -0.1) is 0 Å². The number of phenols is 1. The Morgan fingerprint density at radius 3 is 1.84 bits per heavy atom. The molecule has 0 saturated carbocycles. The van der Waals surface area contributed by atoms with E-state index in [-0.39, 0.29) is 93.9 Å². The Bertz CT molecular complexity index is 3680. The average Bonchev–Trinajstić information content (AvgIpc) is 4.28. The molecule has 14 nitrogen and oxygen atoms in total. The van der Waals surface area contributed by atoms with Crippen LogP contribution in [0.2, 0.25) is 5.02 Å². The zero-order chi connectivity index (χ0) is 53.6. The van der Waals surface area contributed by atoms with Gasteiger partial charge in [-0.3, -0.25) is 4.90 Å². The fourth-order valence-electron chi connectivity index (χ4n) is 13.7. The second-order valence-electron chi connectivity index (χ2n) is 22.8. The Labute approximate surface area is 460 Å². The van der Waals surface area contributed by atoms with Crippen molar-refractivity contribution in [2.45, 2.75) is 93.7 Å². The lowest BCUT2D eigenvalue weighted by Gasteiger charge is -2.34. The Hall–Kier alpha value is -6.76. The Kier molecular flexibility index (Phi) is 13.0. The van der Waals surface area contributed by atoms with Gasteiger partial charge in [0.2, 0.25) is 0 Å². The number of nitrogens with zero attached hydrogens (tertiary/aromatic N) is 8. The van der Waals surface area contributed by atoms with E-state index in [1.165, 1.54) is 12.1 Å². The summed E-state index contributed by atoms with van der Waals surface area (Å²) in [5, 5.41) is 22.0. The van der Waals surface area contributed by atoms with E-state index < -0.39 is 17.5 Å². The standard InChI is InChI=1S/C61H62ClF3N10O4/c1-72-18-7-10-40(72)32-78-61-69-57-49(59(71-61)75-29-37-15-16-38(30-75)67-37)26-51(63)53(55(57)65)47-24-42(21-34-9-4-6-12-45(34)47)79-43-22-39(73(2)31-43)17-19-77-60-68-56-48(58(70-60)74-27-35-13-14-36(28-74)66-35)25-50(62)52(54(56)64)46-23-41(76)20-33-8-3-5-11-44(33)46/h3-6,8-9,11-12,20-21,23-26,35-40,43,66-67,76H,7,10,13-19,22,27-32H2,1-2H3/t35?,36?,37?,38?,39-,40+,43+/m1/s1. The Morgan fingerprint density at radius 1 is 0.620 bits per heavy atom. The van der Waals surface area contributed by atoms with E-state index in [0.717, 1.165) is 61.2 Å². The SMILES string of the molecule is CN1CCC[C@H]1COc1nc(N2CC3CCC(C2)N3)c2cc(F)c(-c3cc(O[C@H]4C[C@@H](CCOc5nc(N6CC7CCC(C6)N7)c6cc(Cl)c(-c7cc(O)cc8ccccc78)c(F)c6n5)N(C)C4)cc4ccccc34)c(F)c2n1. The summed E-state index contributed by atoms with van der Waals surface area (Å²) in [6.45, 7) is 4.92. The van der Waals surface area contributed by atoms with E-state index in [2.05, 4.69) is 37.3 Å². The van der Waals surface area contributed by atoms with Crippen LogP contribution in [0.25, 0.3) is 65.6 Å². The second kappa shape index (κ2) is 20.4. The third-order valence-corrected chi connectivity index (χ3v) is 17.9. The third kappa shape index (κ3) is 9.44. The summed E-state index contributed by atoms with van der Waals surface area (Å²) in [5.41, 5.74) is 0.881. The first-order chi connectivity index (χ1) is 38.4. The van der Waals surface area contributed by atoms with Crippen LogP contribution in [-0.4, -0.2) is 144 Å². The summed E-state index contributed by atoms with van der Waals surface area (Å²) < 4.78 is 71.4. The van der Waals surface area contributed by atoms with E-state index in [4.69, 9.17) is 45.7 Å². The molecule has 3 N–H and O–H groups in total. The molecule has 6 fully saturated rings. The van der Waals surface area contributed by atoms with Gasteiger partial charge >= 0.3 is 12.0 Å². The highest BCUT2D eigenvalue weighted by atomic mass is 35.5. The summed E-state index contributed by atoms with van der Waals surface area (Å²) in [5.74, 6) is -0.567. The lowest BCUT2D eigenvalue weighted by molar-refractivity contribution is 0.188. The maximum Gasteiger partial charge on any atom is 0.319 e. The molecular weight excluding hydrogens is 1030 g/mol. The van der Waals surface area contributed by atoms with Crippen molar-refractivity contribution in [1.82, 2.24) is 40.4 Å². The normalized spacial score (nSPS) is 24.3. The minimum atomic E-state index is -0.776. The molecule has 6 saturated heterocycles. The fraction of sp³-hybridized carbons (Fsp3) is 0.410. The van der Waals surface area contributed by atoms with Crippen LogP contribution in [-0.2, 0) is 0 Å². The van der Waals surface area contributed by atoms with Crippen molar-refractivity contribution in [3.8, 4) is 45.8 Å². The number of piperazine rings is 2. The smallest absolute Gasteiger partial charge is 0.319 e. The van der Waals surface area contributed by atoms with Gasteiger partial charge in [-0.2, -0.15) is 19.9 Å².